The first-order valence-corrected chi connectivity index (χ1v) is 6.77. The number of aromatic nitrogens is 1. The predicted octanol–water partition coefficient (Wildman–Crippen LogP) is 0.191. The van der Waals surface area contributed by atoms with Gasteiger partial charge in [-0.05, 0) is 12.1 Å². The zero-order valence-electron chi connectivity index (χ0n) is 10.3. The van der Waals surface area contributed by atoms with Crippen LogP contribution in [0, 0.1) is 0 Å². The zero-order valence-corrected chi connectivity index (χ0v) is 11.1. The quantitative estimate of drug-likeness (QED) is 0.563. The van der Waals surface area contributed by atoms with Gasteiger partial charge in [-0.3, -0.25) is 13.8 Å². The van der Waals surface area contributed by atoms with Crippen LogP contribution in [0.4, 0.5) is 0 Å². The normalized spacial score (nSPS) is 11.3. The van der Waals surface area contributed by atoms with Crippen LogP contribution in [0.5, 0.6) is 0 Å². The van der Waals surface area contributed by atoms with Crippen molar-refractivity contribution in [1.29, 1.82) is 0 Å². The average Bonchev–Trinajstić information content (AvgIpc) is 2.34. The van der Waals surface area contributed by atoms with Crippen LogP contribution < -0.4 is 0 Å². The van der Waals surface area contributed by atoms with E-state index in [0.29, 0.717) is 5.69 Å². The van der Waals surface area contributed by atoms with Crippen LogP contribution in [0.25, 0.3) is 0 Å². The molecule has 0 bridgehead atoms. The Kier molecular flexibility index (Phi) is 4.76. The molecule has 7 nitrogen and oxygen atoms in total. The largest absolute Gasteiger partial charge is 0.295 e. The molecule has 1 rings (SSSR count). The van der Waals surface area contributed by atoms with Gasteiger partial charge in [0, 0.05) is 7.05 Å². The fraction of sp³-hybridized carbons (Fsp3) is 0.400. The maximum Gasteiger partial charge on any atom is 0.295 e. The molecular formula is C10H14N2O5S. The van der Waals surface area contributed by atoms with E-state index in [1.165, 1.54) is 20.2 Å². The van der Waals surface area contributed by atoms with Crippen LogP contribution in [0.2, 0.25) is 0 Å². The topological polar surface area (TPSA) is 85.8 Å². The summed E-state index contributed by atoms with van der Waals surface area (Å²) >= 11 is 0. The fourth-order valence-electron chi connectivity index (χ4n) is 1.09. The molecule has 1 heterocycles. The van der Waals surface area contributed by atoms with E-state index < -0.39 is 16.0 Å². The van der Waals surface area contributed by atoms with E-state index in [2.05, 4.69) is 9.17 Å². The summed E-state index contributed by atoms with van der Waals surface area (Å²) in [5.74, 6) is -0.432. The molecule has 1 aromatic heterocycles. The molecule has 0 fully saturated rings. The van der Waals surface area contributed by atoms with Crippen LogP contribution in [-0.2, 0) is 25.7 Å². The predicted molar refractivity (Wildman–Crippen MR) is 63.0 cm³/mol. The Morgan fingerprint density at radius 2 is 2.11 bits per heavy atom. The molecule has 0 aliphatic carbocycles. The first-order valence-electron chi connectivity index (χ1n) is 4.96. The minimum atomic E-state index is -3.54. The number of amides is 1. The smallest absolute Gasteiger partial charge is 0.274 e. The molecule has 0 spiro atoms. The minimum Gasteiger partial charge on any atom is -0.274 e. The number of carbonyl (C=O) groups is 1. The second kappa shape index (κ2) is 5.89. The van der Waals surface area contributed by atoms with Crippen LogP contribution in [0.1, 0.15) is 16.2 Å². The Balaban J connectivity index is 2.83. The molecule has 100 valence electrons. The molecule has 0 unspecified atom stereocenters. The molecular weight excluding hydrogens is 260 g/mol. The lowest BCUT2D eigenvalue weighted by molar-refractivity contribution is -0.0760. The lowest BCUT2D eigenvalue weighted by Crippen LogP contribution is -2.26. The molecule has 0 radical (unpaired) electrons. The van der Waals surface area contributed by atoms with Gasteiger partial charge in [0.15, 0.2) is 0 Å². The van der Waals surface area contributed by atoms with Gasteiger partial charge < -0.3 is 0 Å². The molecule has 8 heteroatoms. The summed E-state index contributed by atoms with van der Waals surface area (Å²) in [6, 6.07) is 4.65. The highest BCUT2D eigenvalue weighted by molar-refractivity contribution is 7.85. The van der Waals surface area contributed by atoms with Crippen LogP contribution in [0.3, 0.4) is 0 Å². The highest BCUT2D eigenvalue weighted by Crippen LogP contribution is 2.05. The molecule has 0 atom stereocenters. The monoisotopic (exact) mass is 274 g/mol. The van der Waals surface area contributed by atoms with Gasteiger partial charge in [-0.1, -0.05) is 6.07 Å². The van der Waals surface area contributed by atoms with E-state index in [0.717, 1.165) is 11.3 Å². The number of rotatable bonds is 5. The Morgan fingerprint density at radius 1 is 1.44 bits per heavy atom. The highest BCUT2D eigenvalue weighted by Gasteiger charge is 2.13. The Morgan fingerprint density at radius 3 is 2.67 bits per heavy atom. The SMILES string of the molecule is CON(C)C(=O)c1cccc(COS(C)(=O)=O)n1. The zero-order chi connectivity index (χ0) is 13.8. The minimum absolute atomic E-state index is 0.147. The van der Waals surface area contributed by atoms with Gasteiger partial charge in [-0.25, -0.2) is 10.0 Å². The summed E-state index contributed by atoms with van der Waals surface area (Å²) in [4.78, 5) is 20.4. The third kappa shape index (κ3) is 4.40. The first kappa shape index (κ1) is 14.6. The van der Waals surface area contributed by atoms with E-state index in [-0.39, 0.29) is 12.3 Å². The third-order valence-electron chi connectivity index (χ3n) is 2.01. The number of hydrogen-bond donors (Lipinski definition) is 0. The molecule has 0 aromatic carbocycles. The van der Waals surface area contributed by atoms with E-state index in [4.69, 9.17) is 4.84 Å². The van der Waals surface area contributed by atoms with Crippen molar-refractivity contribution in [1.82, 2.24) is 10.0 Å². The molecule has 0 saturated heterocycles. The van der Waals surface area contributed by atoms with Gasteiger partial charge in [-0.2, -0.15) is 8.42 Å². The summed E-state index contributed by atoms with van der Waals surface area (Å²) in [5.41, 5.74) is 0.490. The van der Waals surface area contributed by atoms with Gasteiger partial charge in [0.25, 0.3) is 16.0 Å². The summed E-state index contributed by atoms with van der Waals surface area (Å²) in [6.45, 7) is -0.212. The number of hydroxylamine groups is 2. The van der Waals surface area contributed by atoms with Crippen molar-refractivity contribution in [2.24, 2.45) is 0 Å². The van der Waals surface area contributed by atoms with Gasteiger partial charge in [0.2, 0.25) is 0 Å². The Labute approximate surface area is 105 Å². The number of nitrogens with zero attached hydrogens (tertiary/aromatic N) is 2. The second-order valence-corrected chi connectivity index (χ2v) is 5.11. The van der Waals surface area contributed by atoms with E-state index in [1.807, 2.05) is 0 Å². The van der Waals surface area contributed by atoms with E-state index in [9.17, 15) is 13.2 Å². The maximum atomic E-state index is 11.7. The van der Waals surface area contributed by atoms with E-state index >= 15 is 0 Å². The van der Waals surface area contributed by atoms with Gasteiger partial charge in [0.05, 0.1) is 19.1 Å². The molecule has 0 aliphatic heterocycles. The average molecular weight is 274 g/mol. The molecule has 18 heavy (non-hydrogen) atoms. The van der Waals surface area contributed by atoms with Crippen molar-refractivity contribution in [2.45, 2.75) is 6.61 Å². The van der Waals surface area contributed by atoms with Crippen molar-refractivity contribution in [3.8, 4) is 0 Å². The number of pyridine rings is 1. The Bertz CT molecular complexity index is 529. The fourth-order valence-corrected chi connectivity index (χ4v) is 1.43. The number of carbonyl (C=O) groups excluding carboxylic acids is 1. The third-order valence-corrected chi connectivity index (χ3v) is 2.55. The summed E-state index contributed by atoms with van der Waals surface area (Å²) in [7, 11) is -0.733. The summed E-state index contributed by atoms with van der Waals surface area (Å²) in [5, 5.41) is 1.02. The first-order chi connectivity index (χ1) is 8.33. The summed E-state index contributed by atoms with van der Waals surface area (Å²) < 4.78 is 26.3. The van der Waals surface area contributed by atoms with E-state index in [1.54, 1.807) is 12.1 Å². The van der Waals surface area contributed by atoms with Crippen molar-refractivity contribution in [3.63, 3.8) is 0 Å². The van der Waals surface area contributed by atoms with Gasteiger partial charge in [0.1, 0.15) is 12.3 Å². The molecule has 0 aliphatic rings. The van der Waals surface area contributed by atoms with Crippen molar-refractivity contribution in [2.75, 3.05) is 20.4 Å². The highest BCUT2D eigenvalue weighted by atomic mass is 32.2. The second-order valence-electron chi connectivity index (χ2n) is 3.47. The van der Waals surface area contributed by atoms with Crippen molar-refractivity contribution >= 4 is 16.0 Å². The van der Waals surface area contributed by atoms with Gasteiger partial charge in [-0.15, -0.1) is 0 Å². The van der Waals surface area contributed by atoms with Crippen LogP contribution in [-0.4, -0.2) is 44.8 Å². The molecule has 0 N–H and O–H groups in total. The van der Waals surface area contributed by atoms with Crippen LogP contribution in [0.15, 0.2) is 18.2 Å². The molecule has 1 aromatic rings. The molecule has 0 saturated carbocycles. The Hall–Kier alpha value is -1.51. The maximum absolute atomic E-state index is 11.7. The van der Waals surface area contributed by atoms with Crippen molar-refractivity contribution in [3.05, 3.63) is 29.6 Å². The van der Waals surface area contributed by atoms with Crippen LogP contribution >= 0.6 is 0 Å². The van der Waals surface area contributed by atoms with Gasteiger partial charge >= 0.3 is 0 Å². The number of hydrogen-bond acceptors (Lipinski definition) is 6. The summed E-state index contributed by atoms with van der Waals surface area (Å²) in [6.07, 6.45) is 0.945. The lowest BCUT2D eigenvalue weighted by atomic mass is 10.3. The van der Waals surface area contributed by atoms with Crippen molar-refractivity contribution < 1.29 is 22.2 Å². The standard InChI is InChI=1S/C10H14N2O5S/c1-12(16-2)10(13)9-6-4-5-8(11-9)7-17-18(3,14)15/h4-6H,7H2,1-3H3. The lowest BCUT2D eigenvalue weighted by Gasteiger charge is -2.13. The molecule has 1 amide bonds.